The van der Waals surface area contributed by atoms with Crippen molar-refractivity contribution >= 4 is 11.6 Å². The summed E-state index contributed by atoms with van der Waals surface area (Å²) in [7, 11) is 1.97. The molecule has 2 aromatic heterocycles. The smallest absolute Gasteiger partial charge is 0.134 e. The van der Waals surface area contributed by atoms with E-state index < -0.39 is 0 Å². The molecule has 0 aromatic carbocycles. The molecule has 0 amide bonds. The zero-order chi connectivity index (χ0) is 12.3. The van der Waals surface area contributed by atoms with E-state index in [4.69, 9.17) is 5.73 Å². The fourth-order valence-corrected chi connectivity index (χ4v) is 1.62. The molecule has 88 valence electrons. The third-order valence-corrected chi connectivity index (χ3v) is 2.38. The van der Waals surface area contributed by atoms with Crippen LogP contribution in [0.15, 0.2) is 30.6 Å². The van der Waals surface area contributed by atoms with Gasteiger partial charge >= 0.3 is 0 Å². The molecule has 0 fully saturated rings. The summed E-state index contributed by atoms with van der Waals surface area (Å²) in [5.41, 5.74) is 6.83. The molecule has 0 atom stereocenters. The third kappa shape index (κ3) is 2.90. The zero-order valence-electron chi connectivity index (χ0n) is 9.96. The van der Waals surface area contributed by atoms with Gasteiger partial charge in [-0.1, -0.05) is 6.07 Å². The lowest BCUT2D eigenvalue weighted by molar-refractivity contribution is 0.876. The molecule has 0 saturated heterocycles. The number of aromatic nitrogens is 3. The normalized spacial score (nSPS) is 10.2. The van der Waals surface area contributed by atoms with Gasteiger partial charge in [-0.3, -0.25) is 4.98 Å². The molecule has 0 aliphatic carbocycles. The van der Waals surface area contributed by atoms with Crippen LogP contribution in [-0.4, -0.2) is 22.0 Å². The highest BCUT2D eigenvalue weighted by Gasteiger charge is 2.05. The average molecular weight is 229 g/mol. The van der Waals surface area contributed by atoms with E-state index in [1.807, 2.05) is 37.2 Å². The van der Waals surface area contributed by atoms with Crippen molar-refractivity contribution in [2.75, 3.05) is 17.7 Å². The molecule has 0 saturated carbocycles. The van der Waals surface area contributed by atoms with Crippen LogP contribution in [0.3, 0.4) is 0 Å². The van der Waals surface area contributed by atoms with Crippen molar-refractivity contribution in [1.82, 2.24) is 15.0 Å². The SMILES string of the molecule is Cc1nc(N)cc(N(C)Cc2cccnc2)n1. The Hall–Kier alpha value is -2.17. The molecule has 0 spiro atoms. The van der Waals surface area contributed by atoms with Gasteiger partial charge in [0.25, 0.3) is 0 Å². The van der Waals surface area contributed by atoms with Gasteiger partial charge in [0.05, 0.1) is 0 Å². The van der Waals surface area contributed by atoms with Crippen LogP contribution in [0.5, 0.6) is 0 Å². The highest BCUT2D eigenvalue weighted by Crippen LogP contribution is 2.14. The largest absolute Gasteiger partial charge is 0.384 e. The molecule has 0 bridgehead atoms. The van der Waals surface area contributed by atoms with E-state index in [0.29, 0.717) is 11.6 Å². The van der Waals surface area contributed by atoms with E-state index in [-0.39, 0.29) is 0 Å². The first-order valence-corrected chi connectivity index (χ1v) is 5.36. The van der Waals surface area contributed by atoms with E-state index in [1.54, 1.807) is 12.3 Å². The molecule has 17 heavy (non-hydrogen) atoms. The molecular formula is C12H15N5. The number of nitrogens with two attached hydrogens (primary N) is 1. The zero-order valence-corrected chi connectivity index (χ0v) is 9.96. The van der Waals surface area contributed by atoms with Crippen molar-refractivity contribution in [3.05, 3.63) is 42.0 Å². The minimum atomic E-state index is 0.491. The second-order valence-corrected chi connectivity index (χ2v) is 3.92. The average Bonchev–Trinajstić information content (AvgIpc) is 2.29. The van der Waals surface area contributed by atoms with Gasteiger partial charge in [-0.25, -0.2) is 9.97 Å². The molecule has 0 unspecified atom stereocenters. The maximum Gasteiger partial charge on any atom is 0.134 e. The fourth-order valence-electron chi connectivity index (χ4n) is 1.62. The van der Waals surface area contributed by atoms with Crippen LogP contribution in [0, 0.1) is 6.92 Å². The van der Waals surface area contributed by atoms with E-state index in [0.717, 1.165) is 17.9 Å². The summed E-state index contributed by atoms with van der Waals surface area (Å²) in [5.74, 6) is 1.99. The van der Waals surface area contributed by atoms with Crippen molar-refractivity contribution in [2.45, 2.75) is 13.5 Å². The predicted molar refractivity (Wildman–Crippen MR) is 67.5 cm³/mol. The Balaban J connectivity index is 2.17. The van der Waals surface area contributed by atoms with Gasteiger partial charge in [-0.2, -0.15) is 0 Å². The van der Waals surface area contributed by atoms with Crippen molar-refractivity contribution in [2.24, 2.45) is 0 Å². The van der Waals surface area contributed by atoms with Crippen LogP contribution in [0.2, 0.25) is 0 Å². The van der Waals surface area contributed by atoms with Crippen LogP contribution in [-0.2, 0) is 6.54 Å². The van der Waals surface area contributed by atoms with Gasteiger partial charge in [0.15, 0.2) is 0 Å². The standard InChI is InChI=1S/C12H15N5/c1-9-15-11(13)6-12(16-9)17(2)8-10-4-3-5-14-7-10/h3-7H,8H2,1-2H3,(H2,13,15,16). The molecule has 2 N–H and O–H groups in total. The first kappa shape index (κ1) is 11.3. The second kappa shape index (κ2) is 4.78. The Kier molecular flexibility index (Phi) is 3.18. The topological polar surface area (TPSA) is 67.9 Å². The van der Waals surface area contributed by atoms with E-state index >= 15 is 0 Å². The molecule has 0 radical (unpaired) electrons. The van der Waals surface area contributed by atoms with Crippen LogP contribution >= 0.6 is 0 Å². The predicted octanol–water partition coefficient (Wildman–Crippen LogP) is 1.40. The number of hydrogen-bond donors (Lipinski definition) is 1. The minimum Gasteiger partial charge on any atom is -0.384 e. The number of hydrogen-bond acceptors (Lipinski definition) is 5. The van der Waals surface area contributed by atoms with Gasteiger partial charge < -0.3 is 10.6 Å². The van der Waals surface area contributed by atoms with Crippen LogP contribution in [0.25, 0.3) is 0 Å². The molecular weight excluding hydrogens is 214 g/mol. The summed E-state index contributed by atoms with van der Waals surface area (Å²) >= 11 is 0. The quantitative estimate of drug-likeness (QED) is 0.861. The molecule has 2 rings (SSSR count). The number of nitrogens with zero attached hydrogens (tertiary/aromatic N) is 4. The minimum absolute atomic E-state index is 0.491. The maximum atomic E-state index is 5.70. The molecule has 5 heteroatoms. The molecule has 0 aliphatic rings. The summed E-state index contributed by atoms with van der Waals surface area (Å²) in [4.78, 5) is 14.5. The Morgan fingerprint density at radius 1 is 1.35 bits per heavy atom. The summed E-state index contributed by atoms with van der Waals surface area (Å²) < 4.78 is 0. The number of rotatable bonds is 3. The molecule has 5 nitrogen and oxygen atoms in total. The number of aryl methyl sites for hydroxylation is 1. The van der Waals surface area contributed by atoms with Crippen molar-refractivity contribution in [1.29, 1.82) is 0 Å². The van der Waals surface area contributed by atoms with E-state index in [2.05, 4.69) is 15.0 Å². The molecule has 2 aromatic rings. The third-order valence-electron chi connectivity index (χ3n) is 2.38. The summed E-state index contributed by atoms with van der Waals surface area (Å²) in [6, 6.07) is 5.72. The van der Waals surface area contributed by atoms with Gasteiger partial charge in [0.1, 0.15) is 17.5 Å². The number of nitrogen functional groups attached to an aromatic ring is 1. The summed E-state index contributed by atoms with van der Waals surface area (Å²) in [6.07, 6.45) is 3.60. The van der Waals surface area contributed by atoms with E-state index in [1.165, 1.54) is 0 Å². The maximum absolute atomic E-state index is 5.70. The first-order valence-electron chi connectivity index (χ1n) is 5.36. The van der Waals surface area contributed by atoms with Crippen LogP contribution in [0.1, 0.15) is 11.4 Å². The molecule has 0 aliphatic heterocycles. The highest BCUT2D eigenvalue weighted by molar-refractivity contribution is 5.46. The lowest BCUT2D eigenvalue weighted by atomic mass is 10.2. The van der Waals surface area contributed by atoms with Crippen molar-refractivity contribution in [3.63, 3.8) is 0 Å². The van der Waals surface area contributed by atoms with Crippen molar-refractivity contribution < 1.29 is 0 Å². The van der Waals surface area contributed by atoms with Crippen LogP contribution < -0.4 is 10.6 Å². The fraction of sp³-hybridized carbons (Fsp3) is 0.250. The summed E-state index contributed by atoms with van der Waals surface area (Å²) in [5, 5.41) is 0. The van der Waals surface area contributed by atoms with Gasteiger partial charge in [-0.05, 0) is 18.6 Å². The second-order valence-electron chi connectivity index (χ2n) is 3.92. The van der Waals surface area contributed by atoms with Crippen molar-refractivity contribution in [3.8, 4) is 0 Å². The highest BCUT2D eigenvalue weighted by atomic mass is 15.2. The van der Waals surface area contributed by atoms with E-state index in [9.17, 15) is 0 Å². The monoisotopic (exact) mass is 229 g/mol. The Morgan fingerprint density at radius 2 is 2.18 bits per heavy atom. The Labute approximate surface area is 100 Å². The lowest BCUT2D eigenvalue weighted by Crippen LogP contribution is -2.18. The molecule has 2 heterocycles. The summed E-state index contributed by atoms with van der Waals surface area (Å²) in [6.45, 7) is 2.57. The first-order chi connectivity index (χ1) is 8.15. The van der Waals surface area contributed by atoms with Gasteiger partial charge in [-0.15, -0.1) is 0 Å². The Bertz CT molecular complexity index is 477. The van der Waals surface area contributed by atoms with Gasteiger partial charge in [0, 0.05) is 32.1 Å². The number of pyridine rings is 1. The lowest BCUT2D eigenvalue weighted by Gasteiger charge is -2.18. The Morgan fingerprint density at radius 3 is 2.82 bits per heavy atom. The van der Waals surface area contributed by atoms with Gasteiger partial charge in [0.2, 0.25) is 0 Å². The number of anilines is 2. The van der Waals surface area contributed by atoms with Crippen LogP contribution in [0.4, 0.5) is 11.6 Å².